The van der Waals surface area contributed by atoms with Crippen molar-refractivity contribution < 1.29 is 0 Å². The Balaban J connectivity index is 1.61. The van der Waals surface area contributed by atoms with Crippen LogP contribution in [0.3, 0.4) is 0 Å². The van der Waals surface area contributed by atoms with Gasteiger partial charge in [-0.3, -0.25) is 9.89 Å². The number of aryl methyl sites for hydroxylation is 1. The molecule has 0 radical (unpaired) electrons. The number of nitrogens with one attached hydrogen (secondary N) is 2. The van der Waals surface area contributed by atoms with Gasteiger partial charge in [-0.15, -0.1) is 0 Å². The van der Waals surface area contributed by atoms with E-state index in [0.29, 0.717) is 12.4 Å². The van der Waals surface area contributed by atoms with E-state index in [1.807, 2.05) is 49.4 Å². The standard InChI is InChI=1S/C22H18N4O/c1-14-18(13-16-9-6-8-15-7-2-3-10-17(15)16)21(27)26(25-14)22-23-19-11-4-5-12-20(19)24-22/h2-12,25H,13H2,1H3,(H,23,24). The fourth-order valence-electron chi connectivity index (χ4n) is 3.62. The SMILES string of the molecule is Cc1[nH]n(-c2nc3ccccc3[nH]2)c(=O)c1Cc1cccc2ccccc12. The third-order valence-electron chi connectivity index (χ3n) is 5.03. The van der Waals surface area contributed by atoms with Gasteiger partial charge >= 0.3 is 0 Å². The molecule has 2 heterocycles. The highest BCUT2D eigenvalue weighted by Crippen LogP contribution is 2.21. The smallest absolute Gasteiger partial charge is 0.277 e. The maximum atomic E-state index is 13.1. The number of benzene rings is 3. The van der Waals surface area contributed by atoms with E-state index in [1.54, 1.807) is 0 Å². The molecule has 5 aromatic rings. The van der Waals surface area contributed by atoms with Gasteiger partial charge in [0, 0.05) is 17.7 Å². The summed E-state index contributed by atoms with van der Waals surface area (Å²) in [6, 6.07) is 22.2. The van der Waals surface area contributed by atoms with Crippen LogP contribution in [0.1, 0.15) is 16.8 Å². The van der Waals surface area contributed by atoms with E-state index in [-0.39, 0.29) is 5.56 Å². The minimum atomic E-state index is -0.0699. The zero-order chi connectivity index (χ0) is 18.4. The minimum absolute atomic E-state index is 0.0699. The number of nitrogens with zero attached hydrogens (tertiary/aromatic N) is 2. The molecule has 5 rings (SSSR count). The first-order valence-electron chi connectivity index (χ1n) is 8.93. The Morgan fingerprint density at radius 3 is 2.63 bits per heavy atom. The summed E-state index contributed by atoms with van der Waals surface area (Å²) in [5, 5.41) is 5.53. The van der Waals surface area contributed by atoms with E-state index < -0.39 is 0 Å². The molecule has 5 nitrogen and oxygen atoms in total. The van der Waals surface area contributed by atoms with Gasteiger partial charge in [0.25, 0.3) is 5.56 Å². The number of para-hydroxylation sites is 2. The van der Waals surface area contributed by atoms with Crippen molar-refractivity contribution in [3.05, 3.63) is 93.9 Å². The lowest BCUT2D eigenvalue weighted by Crippen LogP contribution is -2.18. The van der Waals surface area contributed by atoms with Crippen LogP contribution in [0.4, 0.5) is 0 Å². The van der Waals surface area contributed by atoms with Crippen LogP contribution in [0, 0.1) is 6.92 Å². The Bertz CT molecular complexity index is 1300. The van der Waals surface area contributed by atoms with E-state index in [4.69, 9.17) is 0 Å². The Hall–Kier alpha value is -3.60. The molecular weight excluding hydrogens is 336 g/mol. The highest BCUT2D eigenvalue weighted by molar-refractivity contribution is 5.86. The van der Waals surface area contributed by atoms with Crippen LogP contribution in [-0.4, -0.2) is 19.7 Å². The highest BCUT2D eigenvalue weighted by Gasteiger charge is 2.16. The molecule has 0 aliphatic carbocycles. The van der Waals surface area contributed by atoms with Crippen molar-refractivity contribution in [3.63, 3.8) is 0 Å². The summed E-state index contributed by atoms with van der Waals surface area (Å²) in [4.78, 5) is 20.8. The number of hydrogen-bond acceptors (Lipinski definition) is 2. The zero-order valence-electron chi connectivity index (χ0n) is 14.9. The molecule has 2 aromatic heterocycles. The topological polar surface area (TPSA) is 66.5 Å². The average molecular weight is 354 g/mol. The summed E-state index contributed by atoms with van der Waals surface area (Å²) in [6.45, 7) is 1.93. The molecule has 0 atom stereocenters. The first-order valence-corrected chi connectivity index (χ1v) is 8.93. The second kappa shape index (κ2) is 5.99. The molecule has 3 aromatic carbocycles. The predicted octanol–water partition coefficient (Wildman–Crippen LogP) is 4.09. The molecule has 27 heavy (non-hydrogen) atoms. The molecule has 0 saturated heterocycles. The molecule has 0 spiro atoms. The van der Waals surface area contributed by atoms with Crippen molar-refractivity contribution in [1.82, 2.24) is 19.7 Å². The predicted molar refractivity (Wildman–Crippen MR) is 108 cm³/mol. The Kier molecular flexibility index (Phi) is 3.47. The Morgan fingerprint density at radius 2 is 1.74 bits per heavy atom. The van der Waals surface area contributed by atoms with Crippen LogP contribution < -0.4 is 5.56 Å². The first-order chi connectivity index (χ1) is 13.2. The lowest BCUT2D eigenvalue weighted by atomic mass is 9.99. The highest BCUT2D eigenvalue weighted by atomic mass is 16.1. The van der Waals surface area contributed by atoms with Crippen LogP contribution in [0.25, 0.3) is 27.8 Å². The number of imidazole rings is 1. The molecule has 2 N–H and O–H groups in total. The van der Waals surface area contributed by atoms with Gasteiger partial charge in [0.05, 0.1) is 11.0 Å². The van der Waals surface area contributed by atoms with E-state index >= 15 is 0 Å². The number of H-pyrrole nitrogens is 2. The van der Waals surface area contributed by atoms with E-state index in [1.165, 1.54) is 15.5 Å². The van der Waals surface area contributed by atoms with Crippen LogP contribution in [-0.2, 0) is 6.42 Å². The minimum Gasteiger partial charge on any atom is -0.322 e. The monoisotopic (exact) mass is 354 g/mol. The summed E-state index contributed by atoms with van der Waals surface area (Å²) in [6.07, 6.45) is 0.579. The van der Waals surface area contributed by atoms with Crippen molar-refractivity contribution >= 4 is 21.8 Å². The number of fused-ring (bicyclic) bond motifs is 2. The number of hydrogen-bond donors (Lipinski definition) is 2. The molecule has 5 heteroatoms. The van der Waals surface area contributed by atoms with E-state index in [0.717, 1.165) is 27.9 Å². The number of rotatable bonds is 3. The normalized spacial score (nSPS) is 11.4. The lowest BCUT2D eigenvalue weighted by Gasteiger charge is -2.05. The van der Waals surface area contributed by atoms with Crippen LogP contribution in [0.5, 0.6) is 0 Å². The summed E-state index contributed by atoms with van der Waals surface area (Å²) < 4.78 is 1.50. The van der Waals surface area contributed by atoms with Gasteiger partial charge in [0.15, 0.2) is 0 Å². The van der Waals surface area contributed by atoms with Gasteiger partial charge in [-0.05, 0) is 35.4 Å². The molecule has 0 aliphatic heterocycles. The Labute approximate surface area is 155 Å². The summed E-state index contributed by atoms with van der Waals surface area (Å²) in [5.74, 6) is 0.508. The van der Waals surface area contributed by atoms with Crippen LogP contribution in [0.15, 0.2) is 71.5 Å². The third kappa shape index (κ3) is 2.56. The van der Waals surface area contributed by atoms with Gasteiger partial charge in [-0.2, -0.15) is 4.68 Å². The largest absolute Gasteiger partial charge is 0.322 e. The van der Waals surface area contributed by atoms with Crippen LogP contribution >= 0.6 is 0 Å². The fraction of sp³-hybridized carbons (Fsp3) is 0.0909. The summed E-state index contributed by atoms with van der Waals surface area (Å²) >= 11 is 0. The molecule has 0 fully saturated rings. The second-order valence-corrected chi connectivity index (χ2v) is 6.75. The second-order valence-electron chi connectivity index (χ2n) is 6.75. The van der Waals surface area contributed by atoms with Crippen LogP contribution in [0.2, 0.25) is 0 Å². The van der Waals surface area contributed by atoms with Gasteiger partial charge in [-0.1, -0.05) is 54.6 Å². The number of aromatic nitrogens is 4. The van der Waals surface area contributed by atoms with E-state index in [2.05, 4.69) is 39.3 Å². The average Bonchev–Trinajstić information content (AvgIpc) is 3.24. The molecule has 0 unspecified atom stereocenters. The molecule has 0 bridgehead atoms. The third-order valence-corrected chi connectivity index (χ3v) is 5.03. The van der Waals surface area contributed by atoms with Gasteiger partial charge < -0.3 is 4.98 Å². The molecule has 0 saturated carbocycles. The number of aromatic amines is 2. The molecular formula is C22H18N4O. The van der Waals surface area contributed by atoms with Gasteiger partial charge in [0.1, 0.15) is 0 Å². The van der Waals surface area contributed by atoms with Crippen molar-refractivity contribution in [2.75, 3.05) is 0 Å². The van der Waals surface area contributed by atoms with Crippen molar-refractivity contribution in [2.24, 2.45) is 0 Å². The Morgan fingerprint density at radius 1 is 0.963 bits per heavy atom. The quantitative estimate of drug-likeness (QED) is 0.512. The maximum Gasteiger partial charge on any atom is 0.277 e. The molecule has 0 amide bonds. The van der Waals surface area contributed by atoms with E-state index in [9.17, 15) is 4.79 Å². The van der Waals surface area contributed by atoms with Crippen molar-refractivity contribution in [2.45, 2.75) is 13.3 Å². The summed E-state index contributed by atoms with van der Waals surface area (Å²) in [7, 11) is 0. The molecule has 132 valence electrons. The first kappa shape index (κ1) is 15.6. The fourth-order valence-corrected chi connectivity index (χ4v) is 3.62. The maximum absolute atomic E-state index is 13.1. The molecule has 0 aliphatic rings. The zero-order valence-corrected chi connectivity index (χ0v) is 14.9. The van der Waals surface area contributed by atoms with Crippen molar-refractivity contribution in [3.8, 4) is 5.95 Å². The van der Waals surface area contributed by atoms with Crippen molar-refractivity contribution in [1.29, 1.82) is 0 Å². The lowest BCUT2D eigenvalue weighted by molar-refractivity contribution is 0.790. The van der Waals surface area contributed by atoms with Gasteiger partial charge in [-0.25, -0.2) is 4.98 Å². The summed E-state index contributed by atoms with van der Waals surface area (Å²) in [5.41, 5.74) is 4.42. The van der Waals surface area contributed by atoms with Gasteiger partial charge in [0.2, 0.25) is 5.95 Å².